The van der Waals surface area contributed by atoms with Crippen LogP contribution in [0.3, 0.4) is 0 Å². The summed E-state index contributed by atoms with van der Waals surface area (Å²) in [6.07, 6.45) is 3.72. The van der Waals surface area contributed by atoms with Gasteiger partial charge in [-0.2, -0.15) is 5.10 Å². The van der Waals surface area contributed by atoms with E-state index in [0.717, 1.165) is 30.5 Å². The molecule has 190 valence electrons. The Labute approximate surface area is 205 Å². The molecule has 0 aliphatic carbocycles. The lowest BCUT2D eigenvalue weighted by atomic mass is 9.75. The van der Waals surface area contributed by atoms with Crippen LogP contribution in [-0.2, 0) is 38.9 Å². The second-order valence-corrected chi connectivity index (χ2v) is 10.9. The summed E-state index contributed by atoms with van der Waals surface area (Å²) in [5.41, 5.74) is 2.77. The van der Waals surface area contributed by atoms with Crippen LogP contribution < -0.4 is 10.0 Å². The maximum Gasteiger partial charge on any atom is 0.338 e. The number of sulfonamides is 1. The summed E-state index contributed by atoms with van der Waals surface area (Å²) in [6, 6.07) is 5.60. The minimum absolute atomic E-state index is 0.0189. The molecule has 3 heterocycles. The van der Waals surface area contributed by atoms with Gasteiger partial charge < -0.3 is 14.8 Å². The zero-order valence-corrected chi connectivity index (χ0v) is 20.9. The number of rotatable bonds is 8. The monoisotopic (exact) mass is 504 g/mol. The van der Waals surface area contributed by atoms with Crippen molar-refractivity contribution in [2.45, 2.75) is 50.5 Å². The van der Waals surface area contributed by atoms with Crippen LogP contribution in [0.2, 0.25) is 0 Å². The van der Waals surface area contributed by atoms with Crippen molar-refractivity contribution >= 4 is 21.9 Å². The molecular formula is C24H32N4O6S. The van der Waals surface area contributed by atoms with Crippen molar-refractivity contribution in [1.29, 1.82) is 0 Å². The average Bonchev–Trinajstić information content (AvgIpc) is 3.15. The molecule has 0 radical (unpaired) electrons. The molecule has 0 unspecified atom stereocenters. The molecule has 35 heavy (non-hydrogen) atoms. The first-order valence-electron chi connectivity index (χ1n) is 11.9. The minimum Gasteiger partial charge on any atom is -0.462 e. The van der Waals surface area contributed by atoms with E-state index in [1.807, 2.05) is 6.92 Å². The zero-order chi connectivity index (χ0) is 25.1. The predicted molar refractivity (Wildman–Crippen MR) is 128 cm³/mol. The summed E-state index contributed by atoms with van der Waals surface area (Å²) in [5, 5.41) is 7.82. The second-order valence-electron chi connectivity index (χ2n) is 9.03. The third kappa shape index (κ3) is 5.41. The number of hydrogen-bond donors (Lipinski definition) is 2. The Kier molecular flexibility index (Phi) is 7.58. The van der Waals surface area contributed by atoms with E-state index in [4.69, 9.17) is 14.6 Å². The fourth-order valence-electron chi connectivity index (χ4n) is 4.74. The predicted octanol–water partition coefficient (Wildman–Crippen LogP) is 1.68. The van der Waals surface area contributed by atoms with Crippen LogP contribution in [0, 0.1) is 5.41 Å². The number of carbonyl (C=O) groups excluding carboxylic acids is 2. The van der Waals surface area contributed by atoms with Crippen LogP contribution in [0.1, 0.15) is 58.3 Å². The Bertz CT molecular complexity index is 1180. The molecule has 11 heteroatoms. The lowest BCUT2D eigenvalue weighted by Gasteiger charge is -2.36. The van der Waals surface area contributed by atoms with Gasteiger partial charge in [0.1, 0.15) is 5.69 Å². The van der Waals surface area contributed by atoms with Crippen LogP contribution >= 0.6 is 0 Å². The van der Waals surface area contributed by atoms with Crippen LogP contribution in [0.15, 0.2) is 29.2 Å². The number of aryl methyl sites for hydroxylation is 2. The fourth-order valence-corrected chi connectivity index (χ4v) is 5.47. The molecule has 1 aromatic heterocycles. The number of ether oxygens (including phenoxy) is 2. The first-order chi connectivity index (χ1) is 16.8. The fraction of sp³-hybridized carbons (Fsp3) is 0.542. The molecule has 2 N–H and O–H groups in total. The number of fused-ring (bicyclic) bond motifs is 1. The maximum atomic E-state index is 12.9. The van der Waals surface area contributed by atoms with Gasteiger partial charge in [0.05, 0.1) is 22.8 Å². The van der Waals surface area contributed by atoms with E-state index in [2.05, 4.69) is 10.0 Å². The topological polar surface area (TPSA) is 129 Å². The molecule has 0 bridgehead atoms. The highest BCUT2D eigenvalue weighted by Crippen LogP contribution is 2.37. The van der Waals surface area contributed by atoms with Crippen LogP contribution in [0.25, 0.3) is 0 Å². The van der Waals surface area contributed by atoms with E-state index in [9.17, 15) is 18.0 Å². The molecule has 4 rings (SSSR count). The van der Waals surface area contributed by atoms with Crippen LogP contribution in [-0.4, -0.2) is 63.5 Å². The van der Waals surface area contributed by atoms with E-state index in [1.54, 1.807) is 4.68 Å². The highest BCUT2D eigenvalue weighted by molar-refractivity contribution is 7.89. The molecule has 2 aliphatic rings. The number of hydrogen-bond acceptors (Lipinski definition) is 7. The number of amides is 1. The molecule has 1 amide bonds. The molecule has 1 saturated heterocycles. The largest absolute Gasteiger partial charge is 0.462 e. The summed E-state index contributed by atoms with van der Waals surface area (Å²) < 4.78 is 38.6. The van der Waals surface area contributed by atoms with E-state index < -0.39 is 16.0 Å². The standard InChI is InChI=1S/C24H32N4O6S/c1-3-28-21-19(15-24(16-26-22(21)29)10-13-33-14-11-24)20(27-28)5-4-12-34-23(30)17-6-8-18(9-7-17)35(31,32)25-2/h6-9,25H,3-5,10-16H2,1-2H3,(H,26,29). The van der Waals surface area contributed by atoms with Gasteiger partial charge in [0, 0.05) is 31.9 Å². The van der Waals surface area contributed by atoms with Gasteiger partial charge in [-0.15, -0.1) is 0 Å². The van der Waals surface area contributed by atoms with Crippen molar-refractivity contribution in [2.75, 3.05) is 33.4 Å². The number of esters is 1. The van der Waals surface area contributed by atoms with Crippen LogP contribution in [0.5, 0.6) is 0 Å². The highest BCUT2D eigenvalue weighted by Gasteiger charge is 2.39. The molecule has 2 aliphatic heterocycles. The quantitative estimate of drug-likeness (QED) is 0.413. The molecule has 1 aromatic carbocycles. The zero-order valence-electron chi connectivity index (χ0n) is 20.1. The lowest BCUT2D eigenvalue weighted by molar-refractivity contribution is 0.0160. The smallest absolute Gasteiger partial charge is 0.338 e. The van der Waals surface area contributed by atoms with Crippen molar-refractivity contribution in [3.8, 4) is 0 Å². The normalized spacial score (nSPS) is 17.5. The summed E-state index contributed by atoms with van der Waals surface area (Å²) in [5.74, 6) is -0.601. The summed E-state index contributed by atoms with van der Waals surface area (Å²) in [7, 11) is -2.23. The molecular weight excluding hydrogens is 472 g/mol. The van der Waals surface area contributed by atoms with Crippen molar-refractivity contribution in [2.24, 2.45) is 5.41 Å². The Hall–Kier alpha value is -2.76. The first kappa shape index (κ1) is 25.3. The van der Waals surface area contributed by atoms with Gasteiger partial charge >= 0.3 is 5.97 Å². The number of benzene rings is 1. The van der Waals surface area contributed by atoms with Gasteiger partial charge in [-0.25, -0.2) is 17.9 Å². The second kappa shape index (κ2) is 10.5. The Morgan fingerprint density at radius 2 is 1.97 bits per heavy atom. The van der Waals surface area contributed by atoms with Crippen molar-refractivity contribution in [1.82, 2.24) is 19.8 Å². The number of aromatic nitrogens is 2. The molecule has 1 fully saturated rings. The summed E-state index contributed by atoms with van der Waals surface area (Å²) in [4.78, 5) is 25.4. The minimum atomic E-state index is -3.56. The van der Waals surface area contributed by atoms with Crippen molar-refractivity contribution in [3.63, 3.8) is 0 Å². The van der Waals surface area contributed by atoms with Gasteiger partial charge in [-0.1, -0.05) is 0 Å². The van der Waals surface area contributed by atoms with Crippen LogP contribution in [0.4, 0.5) is 0 Å². The van der Waals surface area contributed by atoms with Gasteiger partial charge in [0.2, 0.25) is 10.0 Å². The third-order valence-corrected chi connectivity index (χ3v) is 8.27. The molecule has 1 spiro atoms. The summed E-state index contributed by atoms with van der Waals surface area (Å²) >= 11 is 0. The average molecular weight is 505 g/mol. The Morgan fingerprint density at radius 3 is 2.63 bits per heavy atom. The number of nitrogens with one attached hydrogen (secondary N) is 2. The van der Waals surface area contributed by atoms with Gasteiger partial charge in [0.15, 0.2) is 0 Å². The molecule has 0 atom stereocenters. The van der Waals surface area contributed by atoms with Crippen molar-refractivity contribution < 1.29 is 27.5 Å². The molecule has 0 saturated carbocycles. The van der Waals surface area contributed by atoms with Gasteiger partial charge in [-0.3, -0.25) is 9.48 Å². The van der Waals surface area contributed by atoms with E-state index in [1.165, 1.54) is 31.3 Å². The summed E-state index contributed by atoms with van der Waals surface area (Å²) in [6.45, 7) is 4.78. The van der Waals surface area contributed by atoms with Gasteiger partial charge in [0.25, 0.3) is 5.91 Å². The lowest BCUT2D eigenvalue weighted by Crippen LogP contribution is -2.40. The Balaban J connectivity index is 1.41. The highest BCUT2D eigenvalue weighted by atomic mass is 32.2. The molecule has 2 aromatic rings. The maximum absolute atomic E-state index is 12.9. The van der Waals surface area contributed by atoms with E-state index in [-0.39, 0.29) is 28.4 Å². The number of carbonyl (C=O) groups is 2. The Morgan fingerprint density at radius 1 is 1.26 bits per heavy atom. The third-order valence-electron chi connectivity index (χ3n) is 6.84. The number of nitrogens with zero attached hydrogens (tertiary/aromatic N) is 2. The van der Waals surface area contributed by atoms with Crippen molar-refractivity contribution in [3.05, 3.63) is 46.8 Å². The van der Waals surface area contributed by atoms with E-state index in [0.29, 0.717) is 44.8 Å². The van der Waals surface area contributed by atoms with E-state index >= 15 is 0 Å². The first-order valence-corrected chi connectivity index (χ1v) is 13.4. The van der Waals surface area contributed by atoms with Gasteiger partial charge in [-0.05, 0) is 75.8 Å². The SMILES string of the molecule is CCn1nc(CCCOC(=O)c2ccc(S(=O)(=O)NC)cc2)c2c1C(=O)NCC1(CCOCC1)C2. The molecule has 10 nitrogen and oxygen atoms in total.